The fourth-order valence-electron chi connectivity index (χ4n) is 2.25. The summed E-state index contributed by atoms with van der Waals surface area (Å²) in [4.78, 5) is 1.52. The summed E-state index contributed by atoms with van der Waals surface area (Å²) in [5.41, 5.74) is 1.47. The predicted molar refractivity (Wildman–Crippen MR) is 78.9 cm³/mol. The largest absolute Gasteiger partial charge is 0.140 e. The van der Waals surface area contributed by atoms with Gasteiger partial charge in [-0.05, 0) is 47.8 Å². The molecule has 0 aliphatic heterocycles. The molecule has 1 heterocycles. The molecule has 0 atom stereocenters. The number of hydrogen-bond donors (Lipinski definition) is 0. The van der Waals surface area contributed by atoms with Crippen molar-refractivity contribution in [3.8, 4) is 0 Å². The van der Waals surface area contributed by atoms with Crippen LogP contribution in [-0.2, 0) is 12.8 Å². The average molecular weight is 246 g/mol. The van der Waals surface area contributed by atoms with E-state index in [0.29, 0.717) is 0 Å². The molecular weight excluding hydrogens is 224 g/mol. The number of thiophene rings is 1. The van der Waals surface area contributed by atoms with E-state index in [4.69, 9.17) is 0 Å². The Morgan fingerprint density at radius 1 is 0.941 bits per heavy atom. The third-order valence-electron chi connectivity index (χ3n) is 2.89. The Morgan fingerprint density at radius 2 is 1.65 bits per heavy atom. The van der Waals surface area contributed by atoms with Crippen molar-refractivity contribution in [3.05, 3.63) is 34.7 Å². The van der Waals surface area contributed by atoms with E-state index >= 15 is 0 Å². The summed E-state index contributed by atoms with van der Waals surface area (Å²) < 4.78 is 1.44. The first-order valence-electron chi connectivity index (χ1n) is 6.56. The van der Waals surface area contributed by atoms with Crippen molar-refractivity contribution < 1.29 is 0 Å². The van der Waals surface area contributed by atoms with Crippen LogP contribution in [-0.4, -0.2) is 0 Å². The van der Waals surface area contributed by atoms with Crippen LogP contribution in [0.2, 0.25) is 0 Å². The van der Waals surface area contributed by atoms with Crippen molar-refractivity contribution in [1.82, 2.24) is 0 Å². The zero-order valence-electron chi connectivity index (χ0n) is 11.3. The lowest BCUT2D eigenvalue weighted by molar-refractivity contribution is 0.648. The summed E-state index contributed by atoms with van der Waals surface area (Å²) in [6.07, 6.45) is 2.39. The highest BCUT2D eigenvalue weighted by Gasteiger charge is 2.05. The Balaban J connectivity index is 2.27. The van der Waals surface area contributed by atoms with Crippen molar-refractivity contribution in [2.24, 2.45) is 11.8 Å². The molecule has 0 N–H and O–H groups in total. The van der Waals surface area contributed by atoms with Gasteiger partial charge in [0.15, 0.2) is 0 Å². The third-order valence-corrected chi connectivity index (χ3v) is 4.02. The Bertz CT molecular complexity index is 483. The number of fused-ring (bicyclic) bond motifs is 1. The van der Waals surface area contributed by atoms with E-state index in [-0.39, 0.29) is 0 Å². The summed E-state index contributed by atoms with van der Waals surface area (Å²) in [6.45, 7) is 9.13. The maximum Gasteiger partial charge on any atom is 0.0345 e. The molecule has 2 rings (SSSR count). The van der Waals surface area contributed by atoms with E-state index in [1.807, 2.05) is 11.3 Å². The molecular formula is C16H22S. The van der Waals surface area contributed by atoms with Gasteiger partial charge in [-0.1, -0.05) is 39.8 Å². The fourth-order valence-corrected chi connectivity index (χ4v) is 3.51. The van der Waals surface area contributed by atoms with Gasteiger partial charge in [-0.3, -0.25) is 0 Å². The zero-order chi connectivity index (χ0) is 12.4. The molecule has 0 nitrogen and oxygen atoms in total. The highest BCUT2D eigenvalue weighted by molar-refractivity contribution is 7.19. The predicted octanol–water partition coefficient (Wildman–Crippen LogP) is 5.30. The van der Waals surface area contributed by atoms with Gasteiger partial charge >= 0.3 is 0 Å². The molecule has 1 aromatic heterocycles. The molecule has 92 valence electrons. The van der Waals surface area contributed by atoms with Gasteiger partial charge in [-0.15, -0.1) is 11.3 Å². The van der Waals surface area contributed by atoms with E-state index in [0.717, 1.165) is 11.8 Å². The van der Waals surface area contributed by atoms with Crippen LogP contribution in [0.3, 0.4) is 0 Å². The molecule has 2 aromatic rings. The van der Waals surface area contributed by atoms with Gasteiger partial charge in [-0.25, -0.2) is 0 Å². The van der Waals surface area contributed by atoms with Crippen molar-refractivity contribution >= 4 is 21.4 Å². The van der Waals surface area contributed by atoms with Gasteiger partial charge in [0.1, 0.15) is 0 Å². The molecule has 0 saturated heterocycles. The van der Waals surface area contributed by atoms with Gasteiger partial charge in [-0.2, -0.15) is 0 Å². The van der Waals surface area contributed by atoms with E-state index in [1.54, 1.807) is 0 Å². The molecule has 0 spiro atoms. The maximum atomic E-state index is 2.38. The summed E-state index contributed by atoms with van der Waals surface area (Å²) in [5.74, 6) is 1.49. The number of hydrogen-bond acceptors (Lipinski definition) is 1. The van der Waals surface area contributed by atoms with Crippen molar-refractivity contribution in [2.75, 3.05) is 0 Å². The monoisotopic (exact) mass is 246 g/mol. The summed E-state index contributed by atoms with van der Waals surface area (Å²) in [5, 5.41) is 1.43. The summed E-state index contributed by atoms with van der Waals surface area (Å²) in [7, 11) is 0. The van der Waals surface area contributed by atoms with Crippen molar-refractivity contribution in [3.63, 3.8) is 0 Å². The average Bonchev–Trinajstić information content (AvgIpc) is 2.56. The molecule has 0 amide bonds. The second kappa shape index (κ2) is 5.22. The second-order valence-electron chi connectivity index (χ2n) is 5.78. The maximum absolute atomic E-state index is 2.38. The molecule has 0 unspecified atom stereocenters. The van der Waals surface area contributed by atoms with Gasteiger partial charge in [0.05, 0.1) is 0 Å². The van der Waals surface area contributed by atoms with Gasteiger partial charge in [0.2, 0.25) is 0 Å². The Kier molecular flexibility index (Phi) is 3.88. The molecule has 0 fully saturated rings. The van der Waals surface area contributed by atoms with Gasteiger partial charge < -0.3 is 0 Å². The SMILES string of the molecule is CC(C)Cc1ccc2sc(CC(C)C)cc2c1. The Morgan fingerprint density at radius 3 is 2.29 bits per heavy atom. The highest BCUT2D eigenvalue weighted by atomic mass is 32.1. The van der Waals surface area contributed by atoms with Gasteiger partial charge in [0, 0.05) is 9.58 Å². The van der Waals surface area contributed by atoms with Crippen LogP contribution >= 0.6 is 11.3 Å². The molecule has 0 aliphatic rings. The summed E-state index contributed by atoms with van der Waals surface area (Å²) >= 11 is 1.95. The molecule has 0 saturated carbocycles. The molecule has 0 aliphatic carbocycles. The van der Waals surface area contributed by atoms with Crippen LogP contribution in [0.25, 0.3) is 10.1 Å². The number of rotatable bonds is 4. The lowest BCUT2D eigenvalue weighted by Gasteiger charge is -2.04. The van der Waals surface area contributed by atoms with Crippen LogP contribution in [0.5, 0.6) is 0 Å². The van der Waals surface area contributed by atoms with Crippen LogP contribution in [0.15, 0.2) is 24.3 Å². The van der Waals surface area contributed by atoms with Gasteiger partial charge in [0.25, 0.3) is 0 Å². The molecule has 0 bridgehead atoms. The zero-order valence-corrected chi connectivity index (χ0v) is 12.1. The first kappa shape index (κ1) is 12.6. The molecule has 17 heavy (non-hydrogen) atoms. The second-order valence-corrected chi connectivity index (χ2v) is 6.95. The molecule has 1 heteroatoms. The summed E-state index contributed by atoms with van der Waals surface area (Å²) in [6, 6.07) is 9.33. The van der Waals surface area contributed by atoms with E-state index < -0.39 is 0 Å². The minimum Gasteiger partial charge on any atom is -0.140 e. The number of benzene rings is 1. The molecule has 0 radical (unpaired) electrons. The van der Waals surface area contributed by atoms with Crippen LogP contribution < -0.4 is 0 Å². The Hall–Kier alpha value is -0.820. The fraction of sp³-hybridized carbons (Fsp3) is 0.500. The minimum atomic E-state index is 0.737. The van der Waals surface area contributed by atoms with E-state index in [1.165, 1.54) is 33.4 Å². The van der Waals surface area contributed by atoms with E-state index in [9.17, 15) is 0 Å². The van der Waals surface area contributed by atoms with Crippen LogP contribution in [0.4, 0.5) is 0 Å². The van der Waals surface area contributed by atoms with Crippen molar-refractivity contribution in [1.29, 1.82) is 0 Å². The normalized spacial score (nSPS) is 11.9. The first-order chi connectivity index (χ1) is 8.04. The topological polar surface area (TPSA) is 0 Å². The van der Waals surface area contributed by atoms with Crippen LogP contribution in [0, 0.1) is 11.8 Å². The van der Waals surface area contributed by atoms with Crippen molar-refractivity contribution in [2.45, 2.75) is 40.5 Å². The van der Waals surface area contributed by atoms with E-state index in [2.05, 4.69) is 52.0 Å². The first-order valence-corrected chi connectivity index (χ1v) is 7.37. The third kappa shape index (κ3) is 3.32. The molecule has 1 aromatic carbocycles. The van der Waals surface area contributed by atoms with Crippen LogP contribution in [0.1, 0.15) is 38.1 Å². The minimum absolute atomic E-state index is 0.737. The Labute approximate surface area is 109 Å². The quantitative estimate of drug-likeness (QED) is 0.687. The lowest BCUT2D eigenvalue weighted by atomic mass is 10.0. The smallest absolute Gasteiger partial charge is 0.0345 e. The lowest BCUT2D eigenvalue weighted by Crippen LogP contribution is -1.92. The standard InChI is InChI=1S/C16H22S/c1-11(2)7-13-5-6-16-14(9-13)10-15(17-16)8-12(3)4/h5-6,9-12H,7-8H2,1-4H3. The highest BCUT2D eigenvalue weighted by Crippen LogP contribution is 2.28.